The topological polar surface area (TPSA) is 61.0 Å². The molecule has 4 nitrogen and oxygen atoms in total. The predicted molar refractivity (Wildman–Crippen MR) is 72.1 cm³/mol. The summed E-state index contributed by atoms with van der Waals surface area (Å²) < 4.78 is 43.4. The Balaban J connectivity index is 2.36. The van der Waals surface area contributed by atoms with Gasteiger partial charge in [0.25, 0.3) is 0 Å². The smallest absolute Gasteiger partial charge is 0.416 e. The molecule has 0 spiro atoms. The molecule has 0 fully saturated rings. The first-order chi connectivity index (χ1) is 9.81. The maximum atomic E-state index is 12.7. The first-order valence-electron chi connectivity index (χ1n) is 6.29. The molecule has 0 bridgehead atoms. The molecule has 0 atom stereocenters. The molecule has 0 saturated heterocycles. The number of hydrogen-bond acceptors (Lipinski definition) is 4. The van der Waals surface area contributed by atoms with Crippen LogP contribution < -0.4 is 10.5 Å². The number of anilines is 1. The summed E-state index contributed by atoms with van der Waals surface area (Å²) >= 11 is 0. The van der Waals surface area contributed by atoms with Gasteiger partial charge < -0.3 is 10.5 Å². The van der Waals surface area contributed by atoms with Crippen LogP contribution in [0.1, 0.15) is 23.9 Å². The molecular weight excluding hydrogens is 283 g/mol. The maximum Gasteiger partial charge on any atom is 0.416 e. The second-order valence-electron chi connectivity index (χ2n) is 4.44. The highest BCUT2D eigenvalue weighted by Gasteiger charge is 2.30. The fourth-order valence-electron chi connectivity index (χ4n) is 1.66. The molecular formula is C14H14F3N3O. The molecule has 112 valence electrons. The lowest BCUT2D eigenvalue weighted by molar-refractivity contribution is -0.137. The van der Waals surface area contributed by atoms with Crippen molar-refractivity contribution in [2.24, 2.45) is 0 Å². The minimum Gasteiger partial charge on any atom is -0.439 e. The summed E-state index contributed by atoms with van der Waals surface area (Å²) in [7, 11) is 0. The van der Waals surface area contributed by atoms with Crippen molar-refractivity contribution in [3.63, 3.8) is 0 Å². The Bertz CT molecular complexity index is 656. The summed E-state index contributed by atoms with van der Waals surface area (Å²) in [5.74, 6) is 0.940. The van der Waals surface area contributed by atoms with Gasteiger partial charge in [0, 0.05) is 6.42 Å². The Labute approximate surface area is 119 Å². The Morgan fingerprint density at radius 1 is 1.24 bits per heavy atom. The number of alkyl halides is 3. The zero-order valence-electron chi connectivity index (χ0n) is 11.5. The van der Waals surface area contributed by atoms with E-state index >= 15 is 0 Å². The van der Waals surface area contributed by atoms with Gasteiger partial charge in [-0.25, -0.2) is 4.98 Å². The number of aryl methyl sites for hydroxylation is 1. The Morgan fingerprint density at radius 2 is 1.95 bits per heavy atom. The highest BCUT2D eigenvalue weighted by molar-refractivity contribution is 5.46. The van der Waals surface area contributed by atoms with Crippen molar-refractivity contribution in [3.05, 3.63) is 41.2 Å². The van der Waals surface area contributed by atoms with E-state index in [1.807, 2.05) is 6.92 Å². The van der Waals surface area contributed by atoms with Gasteiger partial charge in [-0.1, -0.05) is 13.0 Å². The molecule has 1 heterocycles. The van der Waals surface area contributed by atoms with Crippen LogP contribution in [0.3, 0.4) is 0 Å². The quantitative estimate of drug-likeness (QED) is 0.937. The third kappa shape index (κ3) is 3.42. The van der Waals surface area contributed by atoms with E-state index in [-0.39, 0.29) is 17.4 Å². The van der Waals surface area contributed by atoms with Gasteiger partial charge >= 0.3 is 6.18 Å². The van der Waals surface area contributed by atoms with Crippen molar-refractivity contribution in [1.29, 1.82) is 0 Å². The van der Waals surface area contributed by atoms with E-state index in [9.17, 15) is 13.2 Å². The number of nitrogens with two attached hydrogens (primary N) is 1. The molecule has 21 heavy (non-hydrogen) atoms. The lowest BCUT2D eigenvalue weighted by Gasteiger charge is -2.12. The Morgan fingerprint density at radius 3 is 2.57 bits per heavy atom. The van der Waals surface area contributed by atoms with Crippen LogP contribution in [0.5, 0.6) is 11.6 Å². The van der Waals surface area contributed by atoms with E-state index in [1.165, 1.54) is 12.1 Å². The third-order valence-electron chi connectivity index (χ3n) is 2.88. The molecule has 0 radical (unpaired) electrons. The highest BCUT2D eigenvalue weighted by Crippen LogP contribution is 2.33. The molecule has 0 unspecified atom stereocenters. The zero-order valence-corrected chi connectivity index (χ0v) is 11.5. The van der Waals surface area contributed by atoms with Gasteiger partial charge in [0.1, 0.15) is 17.4 Å². The van der Waals surface area contributed by atoms with Gasteiger partial charge in [0.05, 0.1) is 11.1 Å². The number of rotatable bonds is 3. The van der Waals surface area contributed by atoms with Crippen LogP contribution in [-0.2, 0) is 12.6 Å². The monoisotopic (exact) mass is 297 g/mol. The molecule has 1 aromatic heterocycles. The Kier molecular flexibility index (Phi) is 4.02. The fraction of sp³-hybridized carbons (Fsp3) is 0.286. The summed E-state index contributed by atoms with van der Waals surface area (Å²) in [6, 6.07) is 4.60. The van der Waals surface area contributed by atoms with Crippen molar-refractivity contribution in [2.45, 2.75) is 26.4 Å². The van der Waals surface area contributed by atoms with Crippen molar-refractivity contribution < 1.29 is 17.9 Å². The summed E-state index contributed by atoms with van der Waals surface area (Å²) in [4.78, 5) is 8.20. The molecule has 0 aliphatic rings. The second-order valence-corrected chi connectivity index (χ2v) is 4.44. The molecule has 2 rings (SSSR count). The minimum absolute atomic E-state index is 0.0491. The summed E-state index contributed by atoms with van der Waals surface area (Å²) in [6.45, 7) is 3.50. The third-order valence-corrected chi connectivity index (χ3v) is 2.88. The highest BCUT2D eigenvalue weighted by atomic mass is 19.4. The van der Waals surface area contributed by atoms with Crippen LogP contribution in [0.4, 0.5) is 19.0 Å². The average molecular weight is 297 g/mol. The van der Waals surface area contributed by atoms with Crippen LogP contribution >= 0.6 is 0 Å². The van der Waals surface area contributed by atoms with Crippen molar-refractivity contribution >= 4 is 5.82 Å². The lowest BCUT2D eigenvalue weighted by atomic mass is 10.2. The molecule has 0 aliphatic carbocycles. The SMILES string of the molecule is CCc1nc(N)c(C)c(Oc2cccc(C(F)(F)F)c2)n1. The molecule has 2 aromatic rings. The number of hydrogen-bond donors (Lipinski definition) is 1. The van der Waals surface area contributed by atoms with Crippen LogP contribution in [0.2, 0.25) is 0 Å². The molecule has 0 saturated carbocycles. The lowest BCUT2D eigenvalue weighted by Crippen LogP contribution is -2.06. The molecule has 7 heteroatoms. The zero-order chi connectivity index (χ0) is 15.6. The number of halogens is 3. The van der Waals surface area contributed by atoms with E-state index in [2.05, 4.69) is 9.97 Å². The first-order valence-corrected chi connectivity index (χ1v) is 6.29. The van der Waals surface area contributed by atoms with Crippen molar-refractivity contribution in [2.75, 3.05) is 5.73 Å². The van der Waals surface area contributed by atoms with Crippen LogP contribution in [0, 0.1) is 6.92 Å². The second kappa shape index (κ2) is 5.59. The maximum absolute atomic E-state index is 12.7. The molecule has 0 aliphatic heterocycles. The molecule has 1 aromatic carbocycles. The summed E-state index contributed by atoms with van der Waals surface area (Å²) in [5.41, 5.74) is 5.45. The van der Waals surface area contributed by atoms with E-state index in [0.717, 1.165) is 12.1 Å². The molecule has 0 amide bonds. The number of nitrogens with zero attached hydrogens (tertiary/aromatic N) is 2. The fourth-order valence-corrected chi connectivity index (χ4v) is 1.66. The number of ether oxygens (including phenoxy) is 1. The number of nitrogen functional groups attached to an aromatic ring is 1. The largest absolute Gasteiger partial charge is 0.439 e. The van der Waals surface area contributed by atoms with Gasteiger partial charge in [-0.15, -0.1) is 0 Å². The predicted octanol–water partition coefficient (Wildman–Crippen LogP) is 3.74. The average Bonchev–Trinajstić information content (AvgIpc) is 2.43. The first kappa shape index (κ1) is 15.1. The standard InChI is InChI=1S/C14H14F3N3O/c1-3-11-19-12(18)8(2)13(20-11)21-10-6-4-5-9(7-10)14(15,16)17/h4-7H,3H2,1-2H3,(H2,18,19,20). The minimum atomic E-state index is -4.42. The van der Waals surface area contributed by atoms with Gasteiger partial charge in [0.2, 0.25) is 5.88 Å². The number of benzene rings is 1. The number of aromatic nitrogens is 2. The van der Waals surface area contributed by atoms with Crippen LogP contribution in [0.25, 0.3) is 0 Å². The summed E-state index contributed by atoms with van der Waals surface area (Å²) in [6.07, 6.45) is -3.88. The van der Waals surface area contributed by atoms with Crippen LogP contribution in [0.15, 0.2) is 24.3 Å². The van der Waals surface area contributed by atoms with E-state index < -0.39 is 11.7 Å². The van der Waals surface area contributed by atoms with Gasteiger partial charge in [-0.2, -0.15) is 18.2 Å². The van der Waals surface area contributed by atoms with E-state index in [4.69, 9.17) is 10.5 Å². The normalized spacial score (nSPS) is 11.5. The van der Waals surface area contributed by atoms with E-state index in [1.54, 1.807) is 6.92 Å². The molecule has 2 N–H and O–H groups in total. The summed E-state index contributed by atoms with van der Waals surface area (Å²) in [5, 5.41) is 0. The van der Waals surface area contributed by atoms with Crippen molar-refractivity contribution in [1.82, 2.24) is 9.97 Å². The van der Waals surface area contributed by atoms with E-state index in [0.29, 0.717) is 17.8 Å². The van der Waals surface area contributed by atoms with Gasteiger partial charge in [-0.3, -0.25) is 0 Å². The van der Waals surface area contributed by atoms with Crippen molar-refractivity contribution in [3.8, 4) is 11.6 Å². The van der Waals surface area contributed by atoms with Gasteiger partial charge in [-0.05, 0) is 25.1 Å². The van der Waals surface area contributed by atoms with Crippen LogP contribution in [-0.4, -0.2) is 9.97 Å². The van der Waals surface area contributed by atoms with Gasteiger partial charge in [0.15, 0.2) is 0 Å². The Hall–Kier alpha value is -2.31.